The minimum atomic E-state index is -0.332. The summed E-state index contributed by atoms with van der Waals surface area (Å²) in [6.45, 7) is 0. The topological polar surface area (TPSA) is 132 Å². The van der Waals surface area contributed by atoms with Crippen LogP contribution in [0.3, 0.4) is 0 Å². The van der Waals surface area contributed by atoms with Gasteiger partial charge < -0.3 is 20.3 Å². The van der Waals surface area contributed by atoms with Crippen LogP contribution in [0.4, 0.5) is 11.4 Å². The normalized spacial score (nSPS) is 12.0. The Morgan fingerprint density at radius 3 is 1.19 bits per heavy atom. The number of fused-ring (bicyclic) bond motifs is 8. The van der Waals surface area contributed by atoms with Crippen LogP contribution in [0.1, 0.15) is 0 Å². The van der Waals surface area contributed by atoms with E-state index >= 15 is 0 Å². The molecule has 0 aliphatic carbocycles. The third kappa shape index (κ3) is 4.10. The molecule has 10 nitrogen and oxygen atoms in total. The SMILES string of the molecule is Nc1cc(N)c(-n2c(=O)n(-c3ccc4oc5ccccc5c4c3)c3ccccc32)cc1-n1c(=O)n(-c2ccc3oc4ccccc4c3c2)c2ccccc21. The molecule has 11 rings (SSSR count). The van der Waals surface area contributed by atoms with Gasteiger partial charge in [0.2, 0.25) is 0 Å². The van der Waals surface area contributed by atoms with Gasteiger partial charge in [-0.25, -0.2) is 9.59 Å². The van der Waals surface area contributed by atoms with E-state index in [1.54, 1.807) is 30.4 Å². The fraction of sp³-hybridized carbons (Fsp3) is 0. The molecule has 0 radical (unpaired) electrons. The summed E-state index contributed by atoms with van der Waals surface area (Å²) in [6, 6.07) is 45.5. The summed E-state index contributed by atoms with van der Waals surface area (Å²) >= 11 is 0. The number of hydrogen-bond acceptors (Lipinski definition) is 6. The number of benzene rings is 7. The average Bonchev–Trinajstić information content (AvgIpc) is 3.91. The van der Waals surface area contributed by atoms with E-state index < -0.39 is 0 Å². The predicted octanol–water partition coefficient (Wildman–Crippen LogP) is 8.84. The van der Waals surface area contributed by atoms with Crippen LogP contribution in [-0.4, -0.2) is 18.3 Å². The molecule has 0 spiro atoms. The summed E-state index contributed by atoms with van der Waals surface area (Å²) in [6.07, 6.45) is 0. The van der Waals surface area contributed by atoms with Crippen molar-refractivity contribution in [1.82, 2.24) is 18.3 Å². The molecule has 0 unspecified atom stereocenters. The lowest BCUT2D eigenvalue weighted by molar-refractivity contribution is 0.668. The number of aromatic nitrogens is 4. The van der Waals surface area contributed by atoms with Crippen LogP contribution in [0.2, 0.25) is 0 Å². The number of imidazole rings is 2. The zero-order chi connectivity index (χ0) is 36.2. The quantitative estimate of drug-likeness (QED) is 0.176. The maximum absolute atomic E-state index is 14.7. The number of hydrogen-bond donors (Lipinski definition) is 2. The Morgan fingerprint density at radius 2 is 0.741 bits per heavy atom. The van der Waals surface area contributed by atoms with Gasteiger partial charge in [-0.15, -0.1) is 0 Å². The summed E-state index contributed by atoms with van der Waals surface area (Å²) in [7, 11) is 0. The molecule has 4 N–H and O–H groups in total. The number of para-hydroxylation sites is 6. The van der Waals surface area contributed by atoms with Crippen molar-refractivity contribution in [1.29, 1.82) is 0 Å². The van der Waals surface area contributed by atoms with Crippen molar-refractivity contribution < 1.29 is 8.83 Å². The standard InChI is InChI=1S/C44H28N6O4/c45-31-23-32(46)38(50-36-14-6-4-12-34(36)48(44(50)52)26-18-20-42-30(22-26)28-10-2-8-16-40(28)54-42)24-37(31)49-35-13-5-3-11-33(35)47(43(49)51)25-17-19-41-29(21-25)27-9-1-7-15-39(27)53-41/h1-24H,45-46H2. The number of anilines is 2. The maximum atomic E-state index is 14.7. The smallest absolute Gasteiger partial charge is 0.338 e. The summed E-state index contributed by atoms with van der Waals surface area (Å²) in [5.74, 6) is 0. The number of nitrogen functional groups attached to an aromatic ring is 2. The Kier molecular flexibility index (Phi) is 6.04. The summed E-state index contributed by atoms with van der Waals surface area (Å²) in [5, 5.41) is 3.72. The molecule has 0 bridgehead atoms. The lowest BCUT2D eigenvalue weighted by Crippen LogP contribution is -2.25. The first-order valence-corrected chi connectivity index (χ1v) is 17.4. The van der Waals surface area contributed by atoms with Crippen molar-refractivity contribution in [2.45, 2.75) is 0 Å². The molecule has 4 aromatic heterocycles. The van der Waals surface area contributed by atoms with E-state index in [9.17, 15) is 9.59 Å². The van der Waals surface area contributed by atoms with Crippen molar-refractivity contribution >= 4 is 77.3 Å². The van der Waals surface area contributed by atoms with Gasteiger partial charge >= 0.3 is 11.4 Å². The largest absolute Gasteiger partial charge is 0.456 e. The molecule has 0 saturated carbocycles. The molecule has 7 aromatic carbocycles. The first-order valence-electron chi connectivity index (χ1n) is 17.4. The van der Waals surface area contributed by atoms with Gasteiger partial charge in [-0.05, 0) is 84.9 Å². The van der Waals surface area contributed by atoms with E-state index in [4.69, 9.17) is 20.3 Å². The van der Waals surface area contributed by atoms with Crippen molar-refractivity contribution in [3.05, 3.63) is 167 Å². The molecule has 10 heteroatoms. The minimum absolute atomic E-state index is 0.284. The number of rotatable bonds is 4. The Bertz CT molecular complexity index is 3260. The van der Waals surface area contributed by atoms with Gasteiger partial charge in [-0.3, -0.25) is 18.3 Å². The van der Waals surface area contributed by atoms with Crippen molar-refractivity contribution in [3.8, 4) is 22.7 Å². The summed E-state index contributed by atoms with van der Waals surface area (Å²) in [5.41, 5.74) is 21.1. The number of nitrogens with zero attached hydrogens (tertiary/aromatic N) is 4. The van der Waals surface area contributed by atoms with Gasteiger partial charge in [0.15, 0.2) is 0 Å². The van der Waals surface area contributed by atoms with Crippen LogP contribution in [0.15, 0.2) is 164 Å². The van der Waals surface area contributed by atoms with E-state index in [1.165, 1.54) is 0 Å². The fourth-order valence-corrected chi connectivity index (χ4v) is 7.97. The third-order valence-corrected chi connectivity index (χ3v) is 10.4. The summed E-state index contributed by atoms with van der Waals surface area (Å²) < 4.78 is 18.6. The van der Waals surface area contributed by atoms with Crippen LogP contribution in [0, 0.1) is 0 Å². The van der Waals surface area contributed by atoms with E-state index in [2.05, 4.69) is 0 Å². The van der Waals surface area contributed by atoms with Gasteiger partial charge in [0, 0.05) is 21.5 Å². The van der Waals surface area contributed by atoms with E-state index in [1.807, 2.05) is 133 Å². The number of furan rings is 2. The van der Waals surface area contributed by atoms with Crippen molar-refractivity contribution in [2.75, 3.05) is 11.5 Å². The zero-order valence-electron chi connectivity index (χ0n) is 28.4. The van der Waals surface area contributed by atoms with Crippen LogP contribution in [0.25, 0.3) is 88.7 Å². The average molecular weight is 705 g/mol. The first-order chi connectivity index (χ1) is 26.4. The van der Waals surface area contributed by atoms with Gasteiger partial charge in [0.05, 0.1) is 56.2 Å². The fourth-order valence-electron chi connectivity index (χ4n) is 7.97. The van der Waals surface area contributed by atoms with E-state index in [-0.39, 0.29) is 22.8 Å². The third-order valence-electron chi connectivity index (χ3n) is 10.4. The molecule has 0 atom stereocenters. The molecule has 54 heavy (non-hydrogen) atoms. The highest BCUT2D eigenvalue weighted by molar-refractivity contribution is 6.06. The lowest BCUT2D eigenvalue weighted by Gasteiger charge is -2.14. The Labute approximate surface area is 304 Å². The monoisotopic (exact) mass is 704 g/mol. The zero-order valence-corrected chi connectivity index (χ0v) is 28.4. The molecular weight excluding hydrogens is 677 g/mol. The molecule has 0 aliphatic rings. The second kappa shape index (κ2) is 10.9. The van der Waals surface area contributed by atoms with E-state index in [0.29, 0.717) is 44.8 Å². The lowest BCUT2D eigenvalue weighted by atomic mass is 10.1. The van der Waals surface area contributed by atoms with Gasteiger partial charge in [-0.1, -0.05) is 60.7 Å². The summed E-state index contributed by atoms with van der Waals surface area (Å²) in [4.78, 5) is 29.4. The van der Waals surface area contributed by atoms with Crippen LogP contribution in [-0.2, 0) is 0 Å². The van der Waals surface area contributed by atoms with Crippen LogP contribution in [0.5, 0.6) is 0 Å². The molecule has 0 saturated heterocycles. The highest BCUT2D eigenvalue weighted by atomic mass is 16.3. The predicted molar refractivity (Wildman–Crippen MR) is 215 cm³/mol. The highest BCUT2D eigenvalue weighted by Gasteiger charge is 2.23. The van der Waals surface area contributed by atoms with Crippen LogP contribution >= 0.6 is 0 Å². The molecular formula is C44H28N6O4. The van der Waals surface area contributed by atoms with Gasteiger partial charge in [-0.2, -0.15) is 0 Å². The van der Waals surface area contributed by atoms with E-state index in [0.717, 1.165) is 43.9 Å². The maximum Gasteiger partial charge on any atom is 0.338 e. The second-order valence-corrected chi connectivity index (χ2v) is 13.4. The number of nitrogens with two attached hydrogens (primary N) is 2. The highest BCUT2D eigenvalue weighted by Crippen LogP contribution is 2.35. The Morgan fingerprint density at radius 1 is 0.370 bits per heavy atom. The second-order valence-electron chi connectivity index (χ2n) is 13.4. The van der Waals surface area contributed by atoms with Crippen molar-refractivity contribution in [3.63, 3.8) is 0 Å². The Hall–Kier alpha value is -7.72. The Balaban J connectivity index is 1.13. The molecule has 0 amide bonds. The van der Waals surface area contributed by atoms with Gasteiger partial charge in [0.25, 0.3) is 0 Å². The molecule has 11 aromatic rings. The van der Waals surface area contributed by atoms with Gasteiger partial charge in [0.1, 0.15) is 22.3 Å². The van der Waals surface area contributed by atoms with Crippen LogP contribution < -0.4 is 22.8 Å². The minimum Gasteiger partial charge on any atom is -0.456 e. The first kappa shape index (κ1) is 30.0. The van der Waals surface area contributed by atoms with Crippen molar-refractivity contribution in [2.24, 2.45) is 0 Å². The molecule has 0 fully saturated rings. The molecule has 4 heterocycles. The molecule has 0 aliphatic heterocycles. The molecule has 258 valence electrons.